The molecule has 2 heterocycles. The van der Waals surface area contributed by atoms with E-state index in [4.69, 9.17) is 0 Å². The van der Waals surface area contributed by atoms with Gasteiger partial charge >= 0.3 is 0 Å². The summed E-state index contributed by atoms with van der Waals surface area (Å²) in [6, 6.07) is 17.6. The van der Waals surface area contributed by atoms with Crippen LogP contribution in [-0.2, 0) is 6.54 Å². The monoisotopic (exact) mass is 600 g/mol. The van der Waals surface area contributed by atoms with Gasteiger partial charge in [-0.2, -0.15) is 4.57 Å². The van der Waals surface area contributed by atoms with Crippen LogP contribution in [0.3, 0.4) is 0 Å². The van der Waals surface area contributed by atoms with E-state index in [0.717, 1.165) is 25.9 Å². The Morgan fingerprint density at radius 2 is 1.74 bits per heavy atom. The number of hydrogen-bond donors (Lipinski definition) is 0. The molecule has 0 saturated heterocycles. The zero-order valence-electron chi connectivity index (χ0n) is 20.7. The van der Waals surface area contributed by atoms with Crippen LogP contribution in [0.5, 0.6) is 0 Å². The zero-order valence-corrected chi connectivity index (χ0v) is 24.5. The highest BCUT2D eigenvalue weighted by Gasteiger charge is 2.31. The summed E-state index contributed by atoms with van der Waals surface area (Å²) in [6.45, 7) is 13.6. The number of aryl methyl sites for hydroxylation is 1. The Labute approximate surface area is 229 Å². The van der Waals surface area contributed by atoms with Crippen molar-refractivity contribution in [2.24, 2.45) is 5.41 Å². The van der Waals surface area contributed by atoms with Crippen LogP contribution in [0.15, 0.2) is 81.3 Å². The number of thiazole rings is 1. The summed E-state index contributed by atoms with van der Waals surface area (Å²) in [5.41, 5.74) is 7.35. The largest absolute Gasteiger partial charge is 1.00 e. The molecule has 0 spiro atoms. The Hall–Kier alpha value is -1.57. The molecule has 2 aliphatic rings. The molecule has 1 aliphatic heterocycles. The van der Waals surface area contributed by atoms with E-state index in [1.165, 1.54) is 47.6 Å². The van der Waals surface area contributed by atoms with Gasteiger partial charge in [-0.15, -0.1) is 0 Å². The van der Waals surface area contributed by atoms with Crippen LogP contribution >= 0.6 is 23.1 Å². The number of para-hydroxylation sites is 2. The molecule has 0 N–H and O–H groups in total. The molecule has 3 aromatic rings. The lowest BCUT2D eigenvalue weighted by Gasteiger charge is -2.33. The van der Waals surface area contributed by atoms with Gasteiger partial charge in [0.15, 0.2) is 0 Å². The average Bonchev–Trinajstić information content (AvgIpc) is 3.33. The van der Waals surface area contributed by atoms with E-state index in [1.807, 2.05) is 23.1 Å². The fourth-order valence-electron chi connectivity index (χ4n) is 5.15. The molecule has 0 atom stereocenters. The van der Waals surface area contributed by atoms with Crippen molar-refractivity contribution in [1.29, 1.82) is 0 Å². The van der Waals surface area contributed by atoms with Gasteiger partial charge in [-0.1, -0.05) is 61.2 Å². The summed E-state index contributed by atoms with van der Waals surface area (Å²) in [4.78, 5) is 3.83. The van der Waals surface area contributed by atoms with Gasteiger partial charge in [0.1, 0.15) is 11.2 Å². The van der Waals surface area contributed by atoms with Crippen LogP contribution in [0.4, 0.5) is 5.69 Å². The third-order valence-corrected chi connectivity index (χ3v) is 9.03. The third-order valence-electron chi connectivity index (χ3n) is 6.80. The molecule has 0 fully saturated rings. The SMILES string of the molecule is CCN1/C(=C\C2=C(C)C(=C/c3sc4ccccc4[n+]3CC)/CC(C)(C)C2)Sc2ccccc21.[I-]. The highest BCUT2D eigenvalue weighted by molar-refractivity contribution is 8.03. The molecule has 0 amide bonds. The highest BCUT2D eigenvalue weighted by atomic mass is 127. The standard InChI is InChI=1S/C29H33N2S2.HI/c1-6-30-23-12-8-10-14-25(23)32-27(30)16-21-18-29(4,5)19-22(20(21)3)17-28-31(7-2)24-13-9-11-15-26(24)33-28;/h8-17H,6-7,18-19H2,1-5H3;1H/q+1;/p-1. The molecule has 0 unspecified atom stereocenters. The smallest absolute Gasteiger partial charge is 0.263 e. The van der Waals surface area contributed by atoms with Crippen molar-refractivity contribution in [2.75, 3.05) is 11.4 Å². The number of nitrogens with zero attached hydrogens (tertiary/aromatic N) is 2. The van der Waals surface area contributed by atoms with E-state index >= 15 is 0 Å². The summed E-state index contributed by atoms with van der Waals surface area (Å²) < 4.78 is 3.83. The van der Waals surface area contributed by atoms with Gasteiger partial charge in [0.2, 0.25) is 5.52 Å². The Morgan fingerprint density at radius 3 is 2.50 bits per heavy atom. The number of halogens is 1. The zero-order chi connectivity index (χ0) is 23.2. The quantitative estimate of drug-likeness (QED) is 0.300. The molecular formula is C29H33IN2S2. The van der Waals surface area contributed by atoms with Crippen molar-refractivity contribution in [1.82, 2.24) is 0 Å². The second-order valence-electron chi connectivity index (χ2n) is 9.79. The van der Waals surface area contributed by atoms with E-state index in [2.05, 4.69) is 105 Å². The first-order valence-electron chi connectivity index (χ1n) is 12.0. The minimum atomic E-state index is 0. The lowest BCUT2D eigenvalue weighted by molar-refractivity contribution is -0.665. The molecule has 2 nitrogen and oxygen atoms in total. The number of anilines is 1. The Morgan fingerprint density at radius 1 is 1.00 bits per heavy atom. The second kappa shape index (κ2) is 10.2. The lowest BCUT2D eigenvalue weighted by atomic mass is 9.72. The molecule has 0 bridgehead atoms. The van der Waals surface area contributed by atoms with Crippen molar-refractivity contribution in [3.63, 3.8) is 0 Å². The minimum absolute atomic E-state index is 0. The Balaban J connectivity index is 0.00000274. The first kappa shape index (κ1) is 25.5. The summed E-state index contributed by atoms with van der Waals surface area (Å²) in [5.74, 6) is 0. The topological polar surface area (TPSA) is 7.12 Å². The normalized spacial score (nSPS) is 19.7. The van der Waals surface area contributed by atoms with E-state index in [0.29, 0.717) is 0 Å². The number of aromatic nitrogens is 1. The van der Waals surface area contributed by atoms with Gasteiger partial charge in [-0.3, -0.25) is 0 Å². The van der Waals surface area contributed by atoms with Gasteiger partial charge in [0.05, 0.1) is 10.7 Å². The molecule has 2 aromatic carbocycles. The van der Waals surface area contributed by atoms with Gasteiger partial charge in [-0.05, 0) is 80.0 Å². The molecule has 5 rings (SSSR count). The third kappa shape index (κ3) is 4.76. The summed E-state index contributed by atoms with van der Waals surface area (Å²) in [6.07, 6.45) is 7.18. The second-order valence-corrected chi connectivity index (χ2v) is 11.9. The number of rotatable bonds is 4. The molecule has 1 aromatic heterocycles. The molecule has 5 heteroatoms. The van der Waals surface area contributed by atoms with Crippen molar-refractivity contribution < 1.29 is 28.5 Å². The molecule has 178 valence electrons. The molecule has 1 aliphatic carbocycles. The van der Waals surface area contributed by atoms with Crippen molar-refractivity contribution >= 4 is 45.1 Å². The predicted molar refractivity (Wildman–Crippen MR) is 145 cm³/mol. The van der Waals surface area contributed by atoms with Gasteiger partial charge in [0.25, 0.3) is 5.01 Å². The number of thioether (sulfide) groups is 1. The maximum atomic E-state index is 2.47. The van der Waals surface area contributed by atoms with Crippen LogP contribution in [0.1, 0.15) is 52.5 Å². The van der Waals surface area contributed by atoms with E-state index < -0.39 is 0 Å². The van der Waals surface area contributed by atoms with Crippen molar-refractivity contribution in [3.05, 3.63) is 81.4 Å². The van der Waals surface area contributed by atoms with E-state index in [1.54, 1.807) is 0 Å². The van der Waals surface area contributed by atoms with Gasteiger partial charge in [0, 0.05) is 23.6 Å². The van der Waals surface area contributed by atoms with Crippen LogP contribution in [0, 0.1) is 5.41 Å². The summed E-state index contributed by atoms with van der Waals surface area (Å²) in [5, 5.41) is 2.71. The average molecular weight is 601 g/mol. The first-order valence-corrected chi connectivity index (χ1v) is 13.6. The number of fused-ring (bicyclic) bond motifs is 2. The first-order chi connectivity index (χ1) is 15.9. The summed E-state index contributed by atoms with van der Waals surface area (Å²) >= 11 is 3.82. The van der Waals surface area contributed by atoms with Crippen molar-refractivity contribution in [3.8, 4) is 0 Å². The summed E-state index contributed by atoms with van der Waals surface area (Å²) in [7, 11) is 0. The number of allylic oxidation sites excluding steroid dienone is 4. The van der Waals surface area contributed by atoms with Crippen LogP contribution in [0.25, 0.3) is 16.3 Å². The van der Waals surface area contributed by atoms with E-state index in [-0.39, 0.29) is 29.4 Å². The van der Waals surface area contributed by atoms with Gasteiger partial charge in [-0.25, -0.2) is 0 Å². The molecule has 34 heavy (non-hydrogen) atoms. The fourth-order valence-corrected chi connectivity index (χ4v) is 7.54. The minimum Gasteiger partial charge on any atom is -1.00 e. The Bertz CT molecular complexity index is 1310. The lowest BCUT2D eigenvalue weighted by Crippen LogP contribution is -3.00. The molecular weight excluding hydrogens is 567 g/mol. The Kier molecular flexibility index (Phi) is 7.65. The number of hydrogen-bond acceptors (Lipinski definition) is 3. The fraction of sp³-hybridized carbons (Fsp3) is 0.345. The van der Waals surface area contributed by atoms with Crippen LogP contribution in [0.2, 0.25) is 0 Å². The highest BCUT2D eigenvalue weighted by Crippen LogP contribution is 2.48. The maximum Gasteiger partial charge on any atom is 0.263 e. The van der Waals surface area contributed by atoms with E-state index in [9.17, 15) is 0 Å². The van der Waals surface area contributed by atoms with Crippen LogP contribution < -0.4 is 33.4 Å². The molecule has 0 saturated carbocycles. The molecule has 0 radical (unpaired) electrons. The van der Waals surface area contributed by atoms with Crippen LogP contribution in [-0.4, -0.2) is 6.54 Å². The maximum absolute atomic E-state index is 2.47. The van der Waals surface area contributed by atoms with Crippen molar-refractivity contribution in [2.45, 2.75) is 58.9 Å². The van der Waals surface area contributed by atoms with Gasteiger partial charge < -0.3 is 28.9 Å². The predicted octanol–water partition coefficient (Wildman–Crippen LogP) is 5.21. The number of benzene rings is 2.